The lowest BCUT2D eigenvalue weighted by Gasteiger charge is -2.07. The maximum atomic E-state index is 12.2. The molecule has 2 aromatic carbocycles. The number of carbonyl (C=O) groups is 1. The minimum Gasteiger partial charge on any atom is -0.497 e. The van der Waals surface area contributed by atoms with E-state index in [4.69, 9.17) is 4.74 Å². The van der Waals surface area contributed by atoms with Crippen LogP contribution in [0, 0.1) is 0 Å². The number of anilines is 1. The van der Waals surface area contributed by atoms with E-state index < -0.39 is 5.76 Å². The monoisotopic (exact) mass is 323 g/mol. The van der Waals surface area contributed by atoms with Gasteiger partial charge in [-0.05, 0) is 42.0 Å². The Kier molecular flexibility index (Phi) is 5.77. The van der Waals surface area contributed by atoms with E-state index in [0.717, 1.165) is 11.3 Å². The Balaban J connectivity index is 1.90. The summed E-state index contributed by atoms with van der Waals surface area (Å²) in [6, 6.07) is 13.5. The summed E-state index contributed by atoms with van der Waals surface area (Å²) in [5.74, 6) is -1.88. The van der Waals surface area contributed by atoms with Crippen LogP contribution < -0.4 is 10.1 Å². The Bertz CT molecular complexity index is 615. The summed E-state index contributed by atoms with van der Waals surface area (Å²) in [7, 11) is 1.58. The third-order valence-corrected chi connectivity index (χ3v) is 3.61. The highest BCUT2D eigenvalue weighted by Gasteiger charge is 2.07. The number of rotatable bonds is 6. The standard InChI is InChI=1S/C16H15F2NO2S/c1-21-13-6-2-11(3-7-13)10-15(20)19-12-4-8-14(9-5-12)22-16(17)18/h2-9,16H,10H2,1H3,(H,19,20). The first-order chi connectivity index (χ1) is 10.6. The molecule has 0 aliphatic carbocycles. The first-order valence-corrected chi connectivity index (χ1v) is 7.42. The van der Waals surface area contributed by atoms with Crippen molar-refractivity contribution in [2.75, 3.05) is 12.4 Å². The van der Waals surface area contributed by atoms with E-state index in [1.807, 2.05) is 12.1 Å². The maximum absolute atomic E-state index is 12.2. The molecule has 6 heteroatoms. The van der Waals surface area contributed by atoms with Gasteiger partial charge >= 0.3 is 0 Å². The van der Waals surface area contributed by atoms with Crippen LogP contribution in [0.2, 0.25) is 0 Å². The van der Waals surface area contributed by atoms with E-state index in [2.05, 4.69) is 5.32 Å². The highest BCUT2D eigenvalue weighted by atomic mass is 32.2. The van der Waals surface area contributed by atoms with E-state index in [9.17, 15) is 13.6 Å². The van der Waals surface area contributed by atoms with Gasteiger partial charge in [0.2, 0.25) is 5.91 Å². The van der Waals surface area contributed by atoms with Crippen LogP contribution in [0.4, 0.5) is 14.5 Å². The second-order valence-electron chi connectivity index (χ2n) is 4.48. The van der Waals surface area contributed by atoms with Crippen molar-refractivity contribution in [2.45, 2.75) is 17.1 Å². The normalized spacial score (nSPS) is 10.5. The molecule has 0 bridgehead atoms. The molecule has 0 fully saturated rings. The zero-order valence-corrected chi connectivity index (χ0v) is 12.7. The molecule has 2 aromatic rings. The van der Waals surface area contributed by atoms with Crippen molar-refractivity contribution in [2.24, 2.45) is 0 Å². The van der Waals surface area contributed by atoms with Crippen molar-refractivity contribution in [3.8, 4) is 5.75 Å². The fourth-order valence-electron chi connectivity index (χ4n) is 1.85. The van der Waals surface area contributed by atoms with Crippen molar-refractivity contribution in [3.63, 3.8) is 0 Å². The highest BCUT2D eigenvalue weighted by Crippen LogP contribution is 2.26. The van der Waals surface area contributed by atoms with Crippen LogP contribution in [-0.4, -0.2) is 18.8 Å². The van der Waals surface area contributed by atoms with Crippen LogP contribution >= 0.6 is 11.8 Å². The van der Waals surface area contributed by atoms with Crippen molar-refractivity contribution in [3.05, 3.63) is 54.1 Å². The van der Waals surface area contributed by atoms with Gasteiger partial charge in [-0.15, -0.1) is 0 Å². The molecular weight excluding hydrogens is 308 g/mol. The number of hydrogen-bond acceptors (Lipinski definition) is 3. The van der Waals surface area contributed by atoms with Gasteiger partial charge in [-0.3, -0.25) is 4.79 Å². The second-order valence-corrected chi connectivity index (χ2v) is 5.54. The van der Waals surface area contributed by atoms with E-state index >= 15 is 0 Å². The number of alkyl halides is 2. The average Bonchev–Trinajstić information content (AvgIpc) is 2.49. The molecule has 22 heavy (non-hydrogen) atoms. The molecule has 0 spiro atoms. The Morgan fingerprint density at radius 1 is 1.14 bits per heavy atom. The van der Waals surface area contributed by atoms with Gasteiger partial charge in [0, 0.05) is 10.6 Å². The van der Waals surface area contributed by atoms with E-state index in [1.165, 1.54) is 0 Å². The summed E-state index contributed by atoms with van der Waals surface area (Å²) in [4.78, 5) is 12.4. The summed E-state index contributed by atoms with van der Waals surface area (Å²) in [5.41, 5.74) is 1.44. The highest BCUT2D eigenvalue weighted by molar-refractivity contribution is 7.99. The predicted molar refractivity (Wildman–Crippen MR) is 83.6 cm³/mol. The molecule has 1 N–H and O–H groups in total. The molecule has 0 aromatic heterocycles. The van der Waals surface area contributed by atoms with Crippen molar-refractivity contribution >= 4 is 23.4 Å². The first-order valence-electron chi connectivity index (χ1n) is 6.54. The molecule has 0 heterocycles. The van der Waals surface area contributed by atoms with Gasteiger partial charge in [-0.1, -0.05) is 23.9 Å². The van der Waals surface area contributed by atoms with Crippen LogP contribution in [0.3, 0.4) is 0 Å². The van der Waals surface area contributed by atoms with Crippen molar-refractivity contribution in [1.29, 1.82) is 0 Å². The molecule has 0 atom stereocenters. The molecule has 1 amide bonds. The molecule has 116 valence electrons. The van der Waals surface area contributed by atoms with Gasteiger partial charge in [0.1, 0.15) is 5.75 Å². The summed E-state index contributed by atoms with van der Waals surface area (Å²) in [6.07, 6.45) is 0.234. The molecule has 0 aliphatic rings. The Hall–Kier alpha value is -2.08. The lowest BCUT2D eigenvalue weighted by molar-refractivity contribution is -0.115. The number of amides is 1. The van der Waals surface area contributed by atoms with Crippen LogP contribution in [-0.2, 0) is 11.2 Å². The molecular formula is C16H15F2NO2S. The van der Waals surface area contributed by atoms with Crippen LogP contribution in [0.15, 0.2) is 53.4 Å². The zero-order chi connectivity index (χ0) is 15.9. The number of ether oxygens (including phenoxy) is 1. The summed E-state index contributed by atoms with van der Waals surface area (Å²) < 4.78 is 29.5. The van der Waals surface area contributed by atoms with Gasteiger partial charge in [-0.2, -0.15) is 8.78 Å². The summed E-state index contributed by atoms with van der Waals surface area (Å²) >= 11 is 0.474. The van der Waals surface area contributed by atoms with Crippen LogP contribution in [0.1, 0.15) is 5.56 Å². The molecule has 0 saturated carbocycles. The topological polar surface area (TPSA) is 38.3 Å². The minimum absolute atomic E-state index is 0.167. The zero-order valence-electron chi connectivity index (χ0n) is 11.9. The summed E-state index contributed by atoms with van der Waals surface area (Å²) in [6.45, 7) is 0. The number of carbonyl (C=O) groups excluding carboxylic acids is 1. The Morgan fingerprint density at radius 3 is 2.32 bits per heavy atom. The second kappa shape index (κ2) is 7.79. The largest absolute Gasteiger partial charge is 0.497 e. The lowest BCUT2D eigenvalue weighted by atomic mass is 10.1. The van der Waals surface area contributed by atoms with Gasteiger partial charge in [0.25, 0.3) is 5.76 Å². The molecule has 0 unspecified atom stereocenters. The number of hydrogen-bond donors (Lipinski definition) is 1. The summed E-state index contributed by atoms with van der Waals surface area (Å²) in [5, 5.41) is 2.73. The van der Waals surface area contributed by atoms with E-state index in [1.54, 1.807) is 43.5 Å². The lowest BCUT2D eigenvalue weighted by Crippen LogP contribution is -2.14. The number of benzene rings is 2. The number of nitrogens with one attached hydrogen (secondary N) is 1. The van der Waals surface area contributed by atoms with Crippen LogP contribution in [0.25, 0.3) is 0 Å². The Morgan fingerprint density at radius 2 is 1.77 bits per heavy atom. The van der Waals surface area contributed by atoms with Crippen LogP contribution in [0.5, 0.6) is 5.75 Å². The Labute approximate surface area is 131 Å². The third kappa shape index (κ3) is 5.04. The van der Waals surface area contributed by atoms with Gasteiger partial charge in [-0.25, -0.2) is 0 Å². The van der Waals surface area contributed by atoms with Gasteiger partial charge < -0.3 is 10.1 Å². The number of halogens is 2. The average molecular weight is 323 g/mol. The molecule has 0 saturated heterocycles. The minimum atomic E-state index is -2.45. The molecule has 3 nitrogen and oxygen atoms in total. The molecule has 0 radical (unpaired) electrons. The fraction of sp³-hybridized carbons (Fsp3) is 0.188. The van der Waals surface area contributed by atoms with E-state index in [-0.39, 0.29) is 12.3 Å². The van der Waals surface area contributed by atoms with E-state index in [0.29, 0.717) is 22.3 Å². The fourth-order valence-corrected chi connectivity index (χ4v) is 2.35. The first kappa shape index (κ1) is 16.3. The predicted octanol–water partition coefficient (Wildman–Crippen LogP) is 4.19. The number of thioether (sulfide) groups is 1. The smallest absolute Gasteiger partial charge is 0.288 e. The quantitative estimate of drug-likeness (QED) is 0.810. The molecule has 0 aliphatic heterocycles. The SMILES string of the molecule is COc1ccc(CC(=O)Nc2ccc(SC(F)F)cc2)cc1. The van der Waals surface area contributed by atoms with Crippen molar-refractivity contribution in [1.82, 2.24) is 0 Å². The van der Waals surface area contributed by atoms with Crippen molar-refractivity contribution < 1.29 is 18.3 Å². The molecule has 2 rings (SSSR count). The maximum Gasteiger partial charge on any atom is 0.288 e. The number of methoxy groups -OCH3 is 1. The van der Waals surface area contributed by atoms with Gasteiger partial charge in [0.05, 0.1) is 13.5 Å². The van der Waals surface area contributed by atoms with Gasteiger partial charge in [0.15, 0.2) is 0 Å². The third-order valence-electron chi connectivity index (χ3n) is 2.89.